The van der Waals surface area contributed by atoms with Gasteiger partial charge in [0.25, 0.3) is 5.91 Å². The Bertz CT molecular complexity index is 1120. The number of allylic oxidation sites excluding steroid dienone is 1. The summed E-state index contributed by atoms with van der Waals surface area (Å²) in [5.41, 5.74) is 8.81. The molecule has 7 nitrogen and oxygen atoms in total. The minimum atomic E-state index is -0.551. The largest absolute Gasteiger partial charge is 0.369 e. The minimum Gasteiger partial charge on any atom is -0.369 e. The van der Waals surface area contributed by atoms with E-state index in [9.17, 15) is 14.4 Å². The predicted octanol–water partition coefficient (Wildman–Crippen LogP) is 5.34. The van der Waals surface area contributed by atoms with Gasteiger partial charge >= 0.3 is 0 Å². The number of hydrogen-bond acceptors (Lipinski definition) is 4. The average Bonchev–Trinajstić information content (AvgIpc) is 3.24. The molecule has 0 radical (unpaired) electrons. The molecule has 3 amide bonds. The number of aryl methyl sites for hydroxylation is 1. The van der Waals surface area contributed by atoms with Crippen LogP contribution in [-0.2, 0) is 20.8 Å². The van der Waals surface area contributed by atoms with Crippen molar-refractivity contribution in [3.8, 4) is 0 Å². The van der Waals surface area contributed by atoms with Crippen LogP contribution in [0.2, 0.25) is 0 Å². The Balaban J connectivity index is 0. The van der Waals surface area contributed by atoms with Gasteiger partial charge in [-0.2, -0.15) is 0 Å². The van der Waals surface area contributed by atoms with Crippen molar-refractivity contribution < 1.29 is 18.7 Å². The van der Waals surface area contributed by atoms with Gasteiger partial charge in [-0.1, -0.05) is 52.5 Å². The van der Waals surface area contributed by atoms with Crippen LogP contribution in [0.15, 0.2) is 72.4 Å². The first kappa shape index (κ1) is 29.4. The van der Waals surface area contributed by atoms with Gasteiger partial charge in [-0.15, -0.1) is 11.5 Å². The maximum absolute atomic E-state index is 12.8. The van der Waals surface area contributed by atoms with E-state index in [1.807, 2.05) is 38.1 Å². The molecular weight excluding hydrogens is 464 g/mol. The summed E-state index contributed by atoms with van der Waals surface area (Å²) < 4.78 is 0. The lowest BCUT2D eigenvalue weighted by Crippen LogP contribution is -2.47. The zero-order valence-corrected chi connectivity index (χ0v) is 22.5. The fourth-order valence-corrected chi connectivity index (χ4v) is 4.05. The molecule has 0 fully saturated rings. The van der Waals surface area contributed by atoms with Gasteiger partial charge in [-0.25, -0.2) is 0 Å². The highest BCUT2D eigenvalue weighted by atomic mass is 16.2. The van der Waals surface area contributed by atoms with E-state index in [0.717, 1.165) is 30.5 Å². The summed E-state index contributed by atoms with van der Waals surface area (Å²) in [4.78, 5) is 39.0. The van der Waals surface area contributed by atoms with Crippen molar-refractivity contribution in [2.24, 2.45) is 5.92 Å². The summed E-state index contributed by atoms with van der Waals surface area (Å²) in [6.45, 7) is 15.8. The van der Waals surface area contributed by atoms with Gasteiger partial charge in [-0.05, 0) is 55.9 Å². The molecule has 1 aliphatic heterocycles. The smallest absolute Gasteiger partial charge is 0.251 e. The molecule has 1 heterocycles. The molecule has 2 rings (SSSR count). The Morgan fingerprint density at radius 2 is 1.84 bits per heavy atom. The van der Waals surface area contributed by atoms with Gasteiger partial charge in [-0.3, -0.25) is 14.4 Å². The summed E-state index contributed by atoms with van der Waals surface area (Å²) in [6.07, 6.45) is 6.78. The molecule has 0 spiro atoms. The van der Waals surface area contributed by atoms with Crippen molar-refractivity contribution in [2.45, 2.75) is 71.9 Å². The van der Waals surface area contributed by atoms with Gasteiger partial charge in [0.05, 0.1) is 17.4 Å². The van der Waals surface area contributed by atoms with Crippen LogP contribution < -0.4 is 16.0 Å². The standard InChI is InChI=1S/C30H40N4O3.3H2/c1-7-23-14-13-15-24(20-23)32-30(37)22(6)31-26(9-3)29(21(4)5)33-27(35)16-11-10-12-19-34-25(8-2)17-18-28(34)36;;;/h13-15,17-18,20-22,29,31H,2-3,7,10-12,16,19H2,1,4-6H3,(H,32,37)(H,33,35);3*1H/t22-,29-;;;/m0.../s1. The van der Waals surface area contributed by atoms with E-state index in [1.54, 1.807) is 17.9 Å². The molecule has 0 bridgehead atoms. The number of carbonyl (C=O) groups excluding carboxylic acids is 3. The van der Waals surface area contributed by atoms with Crippen molar-refractivity contribution >= 4 is 23.4 Å². The van der Waals surface area contributed by atoms with Gasteiger partial charge in [0.1, 0.15) is 6.04 Å². The van der Waals surface area contributed by atoms with E-state index in [1.165, 1.54) is 6.08 Å². The number of anilines is 1. The van der Waals surface area contributed by atoms with Crippen LogP contribution in [0.25, 0.3) is 0 Å². The molecule has 0 saturated heterocycles. The molecule has 1 aromatic rings. The summed E-state index contributed by atoms with van der Waals surface area (Å²) >= 11 is 0. The molecule has 0 aliphatic carbocycles. The fraction of sp³-hybridized carbons (Fsp3) is 0.433. The number of amides is 3. The van der Waals surface area contributed by atoms with Crippen molar-refractivity contribution in [1.82, 2.24) is 15.5 Å². The fourth-order valence-electron chi connectivity index (χ4n) is 4.05. The number of benzene rings is 1. The number of unbranched alkanes of at least 4 members (excludes halogenated alkanes) is 2. The quantitative estimate of drug-likeness (QED) is 0.233. The molecule has 0 aromatic heterocycles. The van der Waals surface area contributed by atoms with E-state index >= 15 is 0 Å². The lowest BCUT2D eigenvalue weighted by Gasteiger charge is -2.27. The van der Waals surface area contributed by atoms with Crippen LogP contribution in [0.5, 0.6) is 0 Å². The van der Waals surface area contributed by atoms with Gasteiger partial charge in [0.15, 0.2) is 0 Å². The first-order valence-electron chi connectivity index (χ1n) is 12.9. The Morgan fingerprint density at radius 3 is 2.49 bits per heavy atom. The van der Waals surface area contributed by atoms with Crippen LogP contribution in [0.4, 0.5) is 5.69 Å². The first-order valence-corrected chi connectivity index (χ1v) is 12.9. The van der Waals surface area contributed by atoms with Crippen LogP contribution in [0.1, 0.15) is 63.2 Å². The summed E-state index contributed by atoms with van der Waals surface area (Å²) in [6, 6.07) is 6.86. The molecule has 3 N–H and O–H groups in total. The molecular formula is C30H46N4O3. The normalized spacial score (nSPS) is 14.1. The molecule has 204 valence electrons. The predicted molar refractivity (Wildman–Crippen MR) is 155 cm³/mol. The van der Waals surface area contributed by atoms with Crippen molar-refractivity contribution in [2.75, 3.05) is 11.9 Å². The molecule has 2 atom stereocenters. The highest BCUT2D eigenvalue weighted by molar-refractivity contribution is 5.95. The molecule has 0 unspecified atom stereocenters. The Kier molecular flexibility index (Phi) is 11.7. The highest BCUT2D eigenvalue weighted by Crippen LogP contribution is 2.16. The zero-order valence-electron chi connectivity index (χ0n) is 22.5. The Morgan fingerprint density at radius 1 is 1.08 bits per heavy atom. The highest BCUT2D eigenvalue weighted by Gasteiger charge is 2.24. The number of carbonyl (C=O) groups is 3. The van der Waals surface area contributed by atoms with Crippen LogP contribution in [-0.4, -0.2) is 41.2 Å². The van der Waals surface area contributed by atoms with Crippen LogP contribution in [0, 0.1) is 5.92 Å². The number of nitrogens with zero attached hydrogens (tertiary/aromatic N) is 1. The molecule has 0 saturated carbocycles. The third kappa shape index (κ3) is 8.98. The molecule has 1 aromatic carbocycles. The number of rotatable bonds is 14. The maximum Gasteiger partial charge on any atom is 0.251 e. The second-order valence-electron chi connectivity index (χ2n) is 9.48. The Labute approximate surface area is 225 Å². The topological polar surface area (TPSA) is 90.5 Å². The lowest BCUT2D eigenvalue weighted by molar-refractivity contribution is -0.124. The third-order valence-corrected chi connectivity index (χ3v) is 6.26. The lowest BCUT2D eigenvalue weighted by atomic mass is 10.00. The monoisotopic (exact) mass is 510 g/mol. The minimum absolute atomic E-state index is 0. The van der Waals surface area contributed by atoms with Crippen molar-refractivity contribution in [1.29, 1.82) is 0 Å². The van der Waals surface area contributed by atoms with E-state index in [4.69, 9.17) is 0 Å². The maximum atomic E-state index is 12.8. The Hall–Kier alpha value is -3.79. The second-order valence-corrected chi connectivity index (χ2v) is 9.48. The van der Waals surface area contributed by atoms with Crippen molar-refractivity contribution in [3.05, 3.63) is 78.0 Å². The van der Waals surface area contributed by atoms with Gasteiger partial charge in [0, 0.05) is 29.0 Å². The number of hydrogen-bond donors (Lipinski definition) is 3. The zero-order chi connectivity index (χ0) is 27.4. The first-order chi connectivity index (χ1) is 17.7. The van der Waals surface area contributed by atoms with Gasteiger partial charge < -0.3 is 20.9 Å². The molecule has 1 aliphatic rings. The summed E-state index contributed by atoms with van der Waals surface area (Å²) in [7, 11) is 0. The van der Waals surface area contributed by atoms with Crippen LogP contribution >= 0.6 is 0 Å². The third-order valence-electron chi connectivity index (χ3n) is 6.26. The summed E-state index contributed by atoms with van der Waals surface area (Å²) in [5, 5.41) is 9.18. The SMILES string of the molecule is C=C=C(N[C@@H](C)C(=O)Nc1cccc(CC)c1)[C@@H](NC(=O)CCCCCN1C(=O)C=CC1=C=C)C(C)C.[HH].[HH].[HH]. The summed E-state index contributed by atoms with van der Waals surface area (Å²) in [5.74, 6) is -0.254. The molecule has 7 heteroatoms. The van der Waals surface area contributed by atoms with E-state index in [-0.39, 0.29) is 34.0 Å². The second kappa shape index (κ2) is 14.7. The van der Waals surface area contributed by atoms with E-state index in [0.29, 0.717) is 30.8 Å². The average molecular weight is 511 g/mol. The molecule has 37 heavy (non-hydrogen) atoms. The number of nitrogens with one attached hydrogen (secondary N) is 3. The van der Waals surface area contributed by atoms with Crippen molar-refractivity contribution in [3.63, 3.8) is 0 Å². The van der Waals surface area contributed by atoms with Gasteiger partial charge in [0.2, 0.25) is 11.8 Å². The van der Waals surface area contributed by atoms with E-state index < -0.39 is 6.04 Å². The van der Waals surface area contributed by atoms with Crippen LogP contribution in [0.3, 0.4) is 0 Å². The van der Waals surface area contributed by atoms with E-state index in [2.05, 4.69) is 47.5 Å².